The van der Waals surface area contributed by atoms with Crippen LogP contribution in [0.3, 0.4) is 0 Å². The lowest BCUT2D eigenvalue weighted by molar-refractivity contribution is 0.197. The Kier molecular flexibility index (Phi) is 4.57. The number of alkyl halides is 1. The SMILES string of the molecule is CCS(=O)(=O)[C@H](I)[C@H](O)c1cccc(N)c1. The maximum absolute atomic E-state index is 11.6. The van der Waals surface area contributed by atoms with Crippen LogP contribution in [-0.2, 0) is 9.84 Å². The summed E-state index contributed by atoms with van der Waals surface area (Å²) < 4.78 is 22.4. The summed E-state index contributed by atoms with van der Waals surface area (Å²) in [6.07, 6.45) is -1.05. The van der Waals surface area contributed by atoms with Crippen LogP contribution in [0.15, 0.2) is 24.3 Å². The molecule has 1 aromatic carbocycles. The van der Waals surface area contributed by atoms with Crippen molar-refractivity contribution >= 4 is 38.1 Å². The minimum atomic E-state index is -3.26. The van der Waals surface area contributed by atoms with Crippen molar-refractivity contribution in [1.29, 1.82) is 0 Å². The lowest BCUT2D eigenvalue weighted by atomic mass is 10.1. The van der Waals surface area contributed by atoms with E-state index in [1.165, 1.54) is 0 Å². The second-order valence-electron chi connectivity index (χ2n) is 3.42. The monoisotopic (exact) mass is 355 g/mol. The van der Waals surface area contributed by atoms with E-state index >= 15 is 0 Å². The van der Waals surface area contributed by atoms with Gasteiger partial charge in [0.15, 0.2) is 9.84 Å². The molecule has 0 amide bonds. The molecule has 6 heteroatoms. The molecule has 0 aliphatic rings. The number of sulfone groups is 1. The Morgan fingerprint density at radius 2 is 2.12 bits per heavy atom. The van der Waals surface area contributed by atoms with Gasteiger partial charge in [0.1, 0.15) is 9.36 Å². The Morgan fingerprint density at radius 1 is 1.50 bits per heavy atom. The number of rotatable bonds is 4. The zero-order valence-corrected chi connectivity index (χ0v) is 11.8. The van der Waals surface area contributed by atoms with Crippen LogP contribution in [-0.4, -0.2) is 22.5 Å². The van der Waals surface area contributed by atoms with E-state index in [4.69, 9.17) is 5.73 Å². The van der Waals surface area contributed by atoms with Gasteiger partial charge in [0.2, 0.25) is 0 Å². The van der Waals surface area contributed by atoms with E-state index in [2.05, 4.69) is 0 Å². The van der Waals surface area contributed by atoms with Crippen LogP contribution in [0.5, 0.6) is 0 Å². The highest BCUT2D eigenvalue weighted by Gasteiger charge is 2.29. The first kappa shape index (κ1) is 13.7. The molecule has 0 heterocycles. The van der Waals surface area contributed by atoms with Crippen LogP contribution >= 0.6 is 22.6 Å². The number of nitrogen functional groups attached to an aromatic ring is 1. The zero-order valence-electron chi connectivity index (χ0n) is 8.80. The molecule has 0 saturated heterocycles. The molecular formula is C10H14INO3S. The molecule has 4 nitrogen and oxygen atoms in total. The number of hydrogen-bond acceptors (Lipinski definition) is 4. The normalized spacial score (nSPS) is 15.7. The highest BCUT2D eigenvalue weighted by molar-refractivity contribution is 14.1. The van der Waals surface area contributed by atoms with Gasteiger partial charge in [-0.2, -0.15) is 0 Å². The first-order valence-corrected chi connectivity index (χ1v) is 7.73. The van der Waals surface area contributed by atoms with Crippen molar-refractivity contribution in [2.45, 2.75) is 16.3 Å². The molecule has 0 unspecified atom stereocenters. The summed E-state index contributed by atoms with van der Waals surface area (Å²) in [5.74, 6) is 0.0139. The topological polar surface area (TPSA) is 80.4 Å². The number of halogens is 1. The number of hydrogen-bond donors (Lipinski definition) is 2. The average Bonchev–Trinajstić information content (AvgIpc) is 2.27. The van der Waals surface area contributed by atoms with E-state index in [0.29, 0.717) is 11.3 Å². The fourth-order valence-corrected chi connectivity index (χ4v) is 3.61. The Labute approximate surface area is 109 Å². The van der Waals surface area contributed by atoms with Crippen LogP contribution in [0.4, 0.5) is 5.69 Å². The van der Waals surface area contributed by atoms with Gasteiger partial charge in [-0.1, -0.05) is 41.6 Å². The predicted octanol–water partition coefficient (Wildman–Crippen LogP) is 1.50. The molecule has 0 spiro atoms. The number of aliphatic hydroxyl groups is 1. The lowest BCUT2D eigenvalue weighted by Crippen LogP contribution is -2.24. The fraction of sp³-hybridized carbons (Fsp3) is 0.400. The fourth-order valence-electron chi connectivity index (χ4n) is 1.25. The van der Waals surface area contributed by atoms with Crippen molar-refractivity contribution in [2.75, 3.05) is 11.5 Å². The molecule has 3 N–H and O–H groups in total. The summed E-state index contributed by atoms with van der Waals surface area (Å²) in [6.45, 7) is 1.56. The molecule has 0 aliphatic heterocycles. The van der Waals surface area contributed by atoms with Crippen LogP contribution in [0.2, 0.25) is 0 Å². The standard InChI is InChI=1S/C10H14INO3S/c1-2-16(14,15)10(11)9(13)7-4-3-5-8(12)6-7/h3-6,9-10,13H,2,12H2,1H3/t9-,10+/m1/s1. The Balaban J connectivity index is 2.99. The summed E-state index contributed by atoms with van der Waals surface area (Å²) in [4.78, 5) is 0. The van der Waals surface area contributed by atoms with E-state index < -0.39 is 19.2 Å². The van der Waals surface area contributed by atoms with Gasteiger partial charge in [0.25, 0.3) is 0 Å². The molecule has 2 atom stereocenters. The van der Waals surface area contributed by atoms with Crippen molar-refractivity contribution in [3.05, 3.63) is 29.8 Å². The van der Waals surface area contributed by atoms with Gasteiger partial charge in [0.05, 0.1) is 0 Å². The highest BCUT2D eigenvalue weighted by atomic mass is 127. The van der Waals surface area contributed by atoms with Gasteiger partial charge in [0, 0.05) is 11.4 Å². The third kappa shape index (κ3) is 3.08. The van der Waals surface area contributed by atoms with Crippen LogP contribution < -0.4 is 5.73 Å². The zero-order chi connectivity index (χ0) is 12.3. The van der Waals surface area contributed by atoms with Crippen molar-refractivity contribution < 1.29 is 13.5 Å². The van der Waals surface area contributed by atoms with Crippen molar-refractivity contribution in [3.63, 3.8) is 0 Å². The Hall–Kier alpha value is -0.340. The molecule has 1 rings (SSSR count). The average molecular weight is 355 g/mol. The second-order valence-corrected chi connectivity index (χ2v) is 8.02. The number of nitrogens with two attached hydrogens (primary N) is 1. The predicted molar refractivity (Wildman–Crippen MR) is 73.1 cm³/mol. The highest BCUT2D eigenvalue weighted by Crippen LogP contribution is 2.28. The van der Waals surface area contributed by atoms with E-state index in [1.807, 2.05) is 0 Å². The summed E-state index contributed by atoms with van der Waals surface area (Å²) in [7, 11) is -3.26. The molecule has 0 aliphatic carbocycles. The van der Waals surface area contributed by atoms with Gasteiger partial charge in [-0.05, 0) is 17.7 Å². The molecule has 0 bridgehead atoms. The molecule has 0 fully saturated rings. The van der Waals surface area contributed by atoms with Crippen LogP contribution in [0.1, 0.15) is 18.6 Å². The minimum Gasteiger partial charge on any atom is -0.399 e. The third-order valence-corrected chi connectivity index (χ3v) is 7.00. The summed E-state index contributed by atoms with van der Waals surface area (Å²) in [6, 6.07) is 6.63. The van der Waals surface area contributed by atoms with Crippen LogP contribution in [0.25, 0.3) is 0 Å². The largest absolute Gasteiger partial charge is 0.399 e. The summed E-state index contributed by atoms with van der Waals surface area (Å²) in [5.41, 5.74) is 6.61. The first-order valence-electron chi connectivity index (χ1n) is 4.77. The number of anilines is 1. The van der Waals surface area contributed by atoms with E-state index in [1.54, 1.807) is 53.8 Å². The van der Waals surface area contributed by atoms with Gasteiger partial charge in [-0.3, -0.25) is 0 Å². The molecule has 90 valence electrons. The first-order chi connectivity index (χ1) is 7.38. The number of benzene rings is 1. The van der Waals surface area contributed by atoms with Gasteiger partial charge in [-0.15, -0.1) is 0 Å². The quantitative estimate of drug-likeness (QED) is 0.487. The molecule has 0 aromatic heterocycles. The van der Waals surface area contributed by atoms with Crippen molar-refractivity contribution in [3.8, 4) is 0 Å². The lowest BCUT2D eigenvalue weighted by Gasteiger charge is -2.17. The molecular weight excluding hydrogens is 341 g/mol. The van der Waals surface area contributed by atoms with Crippen molar-refractivity contribution in [1.82, 2.24) is 0 Å². The third-order valence-electron chi connectivity index (χ3n) is 2.25. The maximum atomic E-state index is 11.6. The maximum Gasteiger partial charge on any atom is 0.164 e. The van der Waals surface area contributed by atoms with Gasteiger partial charge < -0.3 is 10.8 Å². The smallest absolute Gasteiger partial charge is 0.164 e. The second kappa shape index (κ2) is 5.33. The van der Waals surface area contributed by atoms with E-state index in [-0.39, 0.29) is 5.75 Å². The molecule has 1 aromatic rings. The molecule has 0 saturated carbocycles. The summed E-state index contributed by atoms with van der Waals surface area (Å²) >= 11 is 1.75. The summed E-state index contributed by atoms with van der Waals surface area (Å²) in [5, 5.41) is 9.94. The molecule has 0 radical (unpaired) electrons. The molecule has 16 heavy (non-hydrogen) atoms. The number of aliphatic hydroxyl groups excluding tert-OH is 1. The Bertz CT molecular complexity index is 461. The van der Waals surface area contributed by atoms with Crippen LogP contribution in [0, 0.1) is 0 Å². The van der Waals surface area contributed by atoms with E-state index in [9.17, 15) is 13.5 Å². The van der Waals surface area contributed by atoms with E-state index in [0.717, 1.165) is 0 Å². The minimum absolute atomic E-state index is 0.0139. The van der Waals surface area contributed by atoms with Crippen molar-refractivity contribution in [2.24, 2.45) is 0 Å². The van der Waals surface area contributed by atoms with Gasteiger partial charge >= 0.3 is 0 Å². The van der Waals surface area contributed by atoms with Gasteiger partial charge in [-0.25, -0.2) is 8.42 Å². The Morgan fingerprint density at radius 3 is 2.62 bits per heavy atom.